The monoisotopic (exact) mass is 490 g/mol. The van der Waals surface area contributed by atoms with Gasteiger partial charge in [0.2, 0.25) is 5.91 Å². The van der Waals surface area contributed by atoms with Crippen molar-refractivity contribution in [2.45, 2.75) is 39.0 Å². The maximum atomic E-state index is 11.8. The van der Waals surface area contributed by atoms with Gasteiger partial charge in [-0.15, -0.1) is 0 Å². The van der Waals surface area contributed by atoms with Gasteiger partial charge in [-0.05, 0) is 65.4 Å². The van der Waals surface area contributed by atoms with E-state index in [9.17, 15) is 14.4 Å². The van der Waals surface area contributed by atoms with Crippen LogP contribution in [0.25, 0.3) is 0 Å². The molecule has 2 aromatic rings. The first-order chi connectivity index (χ1) is 14.9. The van der Waals surface area contributed by atoms with Gasteiger partial charge in [0.15, 0.2) is 6.61 Å². The van der Waals surface area contributed by atoms with E-state index >= 15 is 0 Å². The minimum atomic E-state index is -0.487. The zero-order valence-corrected chi connectivity index (χ0v) is 19.1. The van der Waals surface area contributed by atoms with Crippen molar-refractivity contribution in [3.8, 4) is 5.75 Å². The predicted octanol–water partition coefficient (Wildman–Crippen LogP) is 3.63. The van der Waals surface area contributed by atoms with Crippen molar-refractivity contribution in [1.82, 2.24) is 10.9 Å². The number of carbonyl (C=O) groups is 3. The summed E-state index contributed by atoms with van der Waals surface area (Å²) in [5.74, 6) is -0.670. The zero-order valence-electron chi connectivity index (χ0n) is 17.5. The van der Waals surface area contributed by atoms with Gasteiger partial charge in [-0.2, -0.15) is 0 Å². The molecule has 7 nitrogen and oxygen atoms in total. The number of ether oxygens (including phenoxy) is 2. The van der Waals surface area contributed by atoms with E-state index in [1.165, 1.54) is 5.56 Å². The molecule has 2 amide bonds. The van der Waals surface area contributed by atoms with Gasteiger partial charge in [0.25, 0.3) is 5.91 Å². The van der Waals surface area contributed by atoms with Gasteiger partial charge < -0.3 is 9.47 Å². The first-order valence-corrected chi connectivity index (χ1v) is 10.9. The van der Waals surface area contributed by atoms with Crippen molar-refractivity contribution in [1.29, 1.82) is 0 Å². The van der Waals surface area contributed by atoms with E-state index in [1.54, 1.807) is 6.07 Å². The number of amides is 2. The van der Waals surface area contributed by atoms with Gasteiger partial charge in [-0.25, -0.2) is 0 Å². The molecule has 0 atom stereocenters. The van der Waals surface area contributed by atoms with Crippen molar-refractivity contribution < 1.29 is 23.9 Å². The van der Waals surface area contributed by atoms with Crippen molar-refractivity contribution in [2.24, 2.45) is 0 Å². The molecule has 0 unspecified atom stereocenters. The second-order valence-electron chi connectivity index (χ2n) is 6.98. The Hall–Kier alpha value is -2.87. The third-order valence-electron chi connectivity index (χ3n) is 4.29. The summed E-state index contributed by atoms with van der Waals surface area (Å²) in [7, 11) is 0. The fraction of sp³-hybridized carbons (Fsp3) is 0.348. The molecule has 31 heavy (non-hydrogen) atoms. The third-order valence-corrected chi connectivity index (χ3v) is 4.91. The lowest BCUT2D eigenvalue weighted by molar-refractivity contribution is -0.144. The summed E-state index contributed by atoms with van der Waals surface area (Å²) in [5.41, 5.74) is 6.85. The number of aryl methyl sites for hydroxylation is 2. The number of halogens is 1. The van der Waals surface area contributed by atoms with E-state index in [0.29, 0.717) is 18.8 Å². The summed E-state index contributed by atoms with van der Waals surface area (Å²) in [6.07, 6.45) is 2.19. The highest BCUT2D eigenvalue weighted by atomic mass is 79.9. The molecule has 0 saturated carbocycles. The molecule has 2 N–H and O–H groups in total. The highest BCUT2D eigenvalue weighted by Crippen LogP contribution is 2.25. The summed E-state index contributed by atoms with van der Waals surface area (Å²) in [5, 5.41) is 0. The van der Waals surface area contributed by atoms with Crippen LogP contribution in [-0.2, 0) is 25.5 Å². The minimum Gasteiger partial charge on any atom is -0.483 e. The average Bonchev–Trinajstić information content (AvgIpc) is 2.75. The van der Waals surface area contributed by atoms with Gasteiger partial charge in [0.1, 0.15) is 5.75 Å². The van der Waals surface area contributed by atoms with Crippen LogP contribution in [0.15, 0.2) is 53.0 Å². The molecular weight excluding hydrogens is 464 g/mol. The Morgan fingerprint density at radius 2 is 1.68 bits per heavy atom. The summed E-state index contributed by atoms with van der Waals surface area (Å²) in [4.78, 5) is 35.3. The van der Waals surface area contributed by atoms with Crippen molar-refractivity contribution in [3.63, 3.8) is 0 Å². The van der Waals surface area contributed by atoms with Crippen LogP contribution in [0.1, 0.15) is 36.8 Å². The standard InChI is InChI=1S/C23H27BrN2O5/c1-17-12-13-20(19(24)15-17)31-16-22(28)26-25-21(27)10-5-11-23(29)30-14-6-9-18-7-3-2-4-8-18/h2-4,7-8,12-13,15H,5-6,9-11,14,16H2,1H3,(H,25,27)(H,26,28). The Balaban J connectivity index is 1.51. The normalized spacial score (nSPS) is 10.3. The first-order valence-electron chi connectivity index (χ1n) is 10.1. The summed E-state index contributed by atoms with van der Waals surface area (Å²) in [6.45, 7) is 2.06. The van der Waals surface area contributed by atoms with Gasteiger partial charge >= 0.3 is 5.97 Å². The number of esters is 1. The number of hydrazine groups is 1. The van der Waals surface area contributed by atoms with E-state index in [1.807, 2.05) is 49.4 Å². The highest BCUT2D eigenvalue weighted by Gasteiger charge is 2.09. The van der Waals surface area contributed by atoms with E-state index < -0.39 is 5.91 Å². The highest BCUT2D eigenvalue weighted by molar-refractivity contribution is 9.10. The summed E-state index contributed by atoms with van der Waals surface area (Å²) >= 11 is 3.37. The van der Waals surface area contributed by atoms with E-state index in [4.69, 9.17) is 9.47 Å². The van der Waals surface area contributed by atoms with Crippen molar-refractivity contribution >= 4 is 33.7 Å². The molecule has 0 heterocycles. The average molecular weight is 491 g/mol. The van der Waals surface area contributed by atoms with Gasteiger partial charge in [-0.1, -0.05) is 36.4 Å². The maximum Gasteiger partial charge on any atom is 0.305 e. The Morgan fingerprint density at radius 1 is 0.935 bits per heavy atom. The van der Waals surface area contributed by atoms with Gasteiger partial charge in [-0.3, -0.25) is 25.2 Å². The number of hydrogen-bond acceptors (Lipinski definition) is 5. The van der Waals surface area contributed by atoms with Gasteiger partial charge in [0.05, 0.1) is 11.1 Å². The van der Waals surface area contributed by atoms with Crippen molar-refractivity contribution in [2.75, 3.05) is 13.2 Å². The quantitative estimate of drug-likeness (QED) is 0.285. The van der Waals surface area contributed by atoms with Crippen molar-refractivity contribution in [3.05, 3.63) is 64.1 Å². The Morgan fingerprint density at radius 3 is 2.42 bits per heavy atom. The molecule has 166 valence electrons. The molecule has 0 saturated heterocycles. The Kier molecular flexibility index (Phi) is 10.6. The smallest absolute Gasteiger partial charge is 0.305 e. The fourth-order valence-electron chi connectivity index (χ4n) is 2.68. The number of nitrogens with one attached hydrogen (secondary N) is 2. The molecule has 0 spiro atoms. The topological polar surface area (TPSA) is 93.7 Å². The number of rotatable bonds is 11. The van der Waals surface area contributed by atoms with Crippen LogP contribution in [0, 0.1) is 6.92 Å². The van der Waals surface area contributed by atoms with Crippen LogP contribution in [0.3, 0.4) is 0 Å². The first kappa shape index (κ1) is 24.4. The molecule has 0 bridgehead atoms. The molecule has 0 aliphatic heterocycles. The Bertz CT molecular complexity index is 874. The maximum absolute atomic E-state index is 11.8. The largest absolute Gasteiger partial charge is 0.483 e. The van der Waals surface area contributed by atoms with Crippen LogP contribution < -0.4 is 15.6 Å². The lowest BCUT2D eigenvalue weighted by Crippen LogP contribution is -2.43. The Labute approximate surface area is 190 Å². The lowest BCUT2D eigenvalue weighted by Gasteiger charge is -2.10. The summed E-state index contributed by atoms with van der Waals surface area (Å²) in [6, 6.07) is 15.5. The second kappa shape index (κ2) is 13.4. The molecule has 0 aliphatic carbocycles. The second-order valence-corrected chi connectivity index (χ2v) is 7.84. The number of carbonyl (C=O) groups excluding carboxylic acids is 3. The SMILES string of the molecule is Cc1ccc(OCC(=O)NNC(=O)CCCC(=O)OCCCc2ccccc2)c(Br)c1. The molecular formula is C23H27BrN2O5. The van der Waals surface area contributed by atoms with Crippen LogP contribution >= 0.6 is 15.9 Å². The fourth-order valence-corrected chi connectivity index (χ4v) is 3.28. The predicted molar refractivity (Wildman–Crippen MR) is 120 cm³/mol. The van der Waals surface area contributed by atoms with E-state index in [-0.39, 0.29) is 31.3 Å². The number of benzene rings is 2. The van der Waals surface area contributed by atoms with E-state index in [0.717, 1.165) is 22.9 Å². The van der Waals surface area contributed by atoms with Crippen LogP contribution in [0.2, 0.25) is 0 Å². The zero-order chi connectivity index (χ0) is 22.5. The molecule has 0 aromatic heterocycles. The van der Waals surface area contributed by atoms with Crippen LogP contribution in [0.4, 0.5) is 0 Å². The molecule has 2 rings (SSSR count). The number of hydrogen-bond donors (Lipinski definition) is 2. The molecule has 2 aromatic carbocycles. The van der Waals surface area contributed by atoms with E-state index in [2.05, 4.69) is 26.8 Å². The summed E-state index contributed by atoms with van der Waals surface area (Å²) < 4.78 is 11.3. The molecule has 0 aliphatic rings. The van der Waals surface area contributed by atoms with Crippen LogP contribution in [0.5, 0.6) is 5.75 Å². The molecule has 0 radical (unpaired) electrons. The van der Waals surface area contributed by atoms with Crippen LogP contribution in [-0.4, -0.2) is 31.0 Å². The molecule has 0 fully saturated rings. The van der Waals surface area contributed by atoms with Gasteiger partial charge in [0, 0.05) is 12.8 Å². The lowest BCUT2D eigenvalue weighted by atomic mass is 10.1. The third kappa shape index (κ3) is 10.1. The minimum absolute atomic E-state index is 0.101. The molecule has 8 heteroatoms.